The van der Waals surface area contributed by atoms with Gasteiger partial charge in [-0.2, -0.15) is 0 Å². The van der Waals surface area contributed by atoms with Crippen molar-refractivity contribution in [2.75, 3.05) is 60.4 Å². The Balaban J connectivity index is 1.66. The first-order valence-corrected chi connectivity index (χ1v) is 7.89. The Morgan fingerprint density at radius 3 is 2.43 bits per heavy atom. The summed E-state index contributed by atoms with van der Waals surface area (Å²) in [7, 11) is 6.11. The maximum absolute atomic E-state index is 12.3. The summed E-state index contributed by atoms with van der Waals surface area (Å²) in [5, 5.41) is 2.95. The number of hydrogen-bond donors (Lipinski definition) is 1. The van der Waals surface area contributed by atoms with Crippen LogP contribution in [-0.4, -0.2) is 86.9 Å². The maximum Gasteiger partial charge on any atom is 0.226 e. The molecule has 1 N–H and O–H groups in total. The molecule has 2 atom stereocenters. The molecule has 0 aromatic rings. The standard InChI is InChI=1S/C15H28N4O2/c1-17(2)6-4-5-16-14(20)12-11-13(12)15(21)19-9-7-18(3)8-10-19/h12-13H,4-11H2,1-3H3,(H,16,20). The molecule has 120 valence electrons. The van der Waals surface area contributed by atoms with E-state index in [-0.39, 0.29) is 23.7 Å². The van der Waals surface area contributed by atoms with Gasteiger partial charge < -0.3 is 20.0 Å². The van der Waals surface area contributed by atoms with Crippen LogP contribution in [0.1, 0.15) is 12.8 Å². The predicted molar refractivity (Wildman–Crippen MR) is 81.9 cm³/mol. The van der Waals surface area contributed by atoms with Crippen molar-refractivity contribution in [3.05, 3.63) is 0 Å². The lowest BCUT2D eigenvalue weighted by Crippen LogP contribution is -2.48. The molecule has 0 bridgehead atoms. The summed E-state index contributed by atoms with van der Waals surface area (Å²) < 4.78 is 0. The molecule has 1 aliphatic carbocycles. The van der Waals surface area contributed by atoms with Crippen molar-refractivity contribution in [1.82, 2.24) is 20.0 Å². The Bertz CT molecular complexity index is 378. The van der Waals surface area contributed by atoms with Crippen molar-refractivity contribution in [1.29, 1.82) is 0 Å². The molecule has 1 saturated carbocycles. The van der Waals surface area contributed by atoms with Crippen molar-refractivity contribution in [2.24, 2.45) is 11.8 Å². The minimum Gasteiger partial charge on any atom is -0.356 e. The van der Waals surface area contributed by atoms with E-state index in [1.54, 1.807) is 0 Å². The van der Waals surface area contributed by atoms with Crippen molar-refractivity contribution in [3.8, 4) is 0 Å². The van der Waals surface area contributed by atoms with E-state index in [1.807, 2.05) is 19.0 Å². The van der Waals surface area contributed by atoms with Gasteiger partial charge in [-0.25, -0.2) is 0 Å². The highest BCUT2D eigenvalue weighted by molar-refractivity contribution is 5.92. The van der Waals surface area contributed by atoms with E-state index in [9.17, 15) is 9.59 Å². The summed E-state index contributed by atoms with van der Waals surface area (Å²) in [6.07, 6.45) is 1.67. The van der Waals surface area contributed by atoms with Crippen LogP contribution < -0.4 is 5.32 Å². The number of likely N-dealkylation sites (N-methyl/N-ethyl adjacent to an activating group) is 1. The quantitative estimate of drug-likeness (QED) is 0.669. The molecule has 21 heavy (non-hydrogen) atoms. The van der Waals surface area contributed by atoms with Crippen LogP contribution in [0.25, 0.3) is 0 Å². The number of piperazine rings is 1. The van der Waals surface area contributed by atoms with E-state index in [4.69, 9.17) is 0 Å². The third kappa shape index (κ3) is 4.68. The summed E-state index contributed by atoms with van der Waals surface area (Å²) in [5.41, 5.74) is 0. The molecule has 1 aliphatic heterocycles. The van der Waals surface area contributed by atoms with Crippen LogP contribution in [0.2, 0.25) is 0 Å². The van der Waals surface area contributed by atoms with Crippen LogP contribution in [0.4, 0.5) is 0 Å². The topological polar surface area (TPSA) is 55.9 Å². The second kappa shape index (κ2) is 7.22. The van der Waals surface area contributed by atoms with Crippen LogP contribution in [0.5, 0.6) is 0 Å². The van der Waals surface area contributed by atoms with E-state index in [0.717, 1.165) is 45.6 Å². The lowest BCUT2D eigenvalue weighted by atomic mass is 10.2. The molecule has 1 saturated heterocycles. The Labute approximate surface area is 127 Å². The molecule has 2 unspecified atom stereocenters. The first kappa shape index (κ1) is 16.2. The minimum atomic E-state index is -0.0866. The number of hydrogen-bond acceptors (Lipinski definition) is 4. The highest BCUT2D eigenvalue weighted by Gasteiger charge is 2.49. The molecule has 6 nitrogen and oxygen atoms in total. The van der Waals surface area contributed by atoms with Gasteiger partial charge in [-0.1, -0.05) is 0 Å². The second-order valence-electron chi connectivity index (χ2n) is 6.53. The van der Waals surface area contributed by atoms with Gasteiger partial charge in [-0.3, -0.25) is 9.59 Å². The maximum atomic E-state index is 12.3. The predicted octanol–water partition coefficient (Wildman–Crippen LogP) is -0.536. The molecule has 0 aromatic carbocycles. The Kier molecular flexibility index (Phi) is 5.58. The van der Waals surface area contributed by atoms with Gasteiger partial charge in [0.1, 0.15) is 0 Å². The molecule has 0 spiro atoms. The van der Waals surface area contributed by atoms with Crippen molar-refractivity contribution in [3.63, 3.8) is 0 Å². The largest absolute Gasteiger partial charge is 0.356 e. The average Bonchev–Trinajstić information content (AvgIpc) is 3.23. The second-order valence-corrected chi connectivity index (χ2v) is 6.53. The molecule has 2 amide bonds. The molecule has 2 aliphatic rings. The van der Waals surface area contributed by atoms with Gasteiger partial charge in [0.25, 0.3) is 0 Å². The van der Waals surface area contributed by atoms with Gasteiger partial charge in [0.2, 0.25) is 11.8 Å². The van der Waals surface area contributed by atoms with Crippen LogP contribution in [0, 0.1) is 11.8 Å². The zero-order chi connectivity index (χ0) is 15.4. The molecule has 2 rings (SSSR count). The fourth-order valence-corrected chi connectivity index (χ4v) is 2.76. The number of carbonyl (C=O) groups is 2. The molecule has 0 aromatic heterocycles. The van der Waals surface area contributed by atoms with Gasteiger partial charge in [-0.15, -0.1) is 0 Å². The lowest BCUT2D eigenvalue weighted by Gasteiger charge is -2.32. The lowest BCUT2D eigenvalue weighted by molar-refractivity contribution is -0.136. The Morgan fingerprint density at radius 2 is 1.81 bits per heavy atom. The van der Waals surface area contributed by atoms with Gasteiger partial charge in [0.15, 0.2) is 0 Å². The summed E-state index contributed by atoms with van der Waals surface area (Å²) >= 11 is 0. The highest BCUT2D eigenvalue weighted by Crippen LogP contribution is 2.40. The fourth-order valence-electron chi connectivity index (χ4n) is 2.76. The van der Waals surface area contributed by atoms with Gasteiger partial charge >= 0.3 is 0 Å². The molecule has 6 heteroatoms. The van der Waals surface area contributed by atoms with Crippen molar-refractivity contribution < 1.29 is 9.59 Å². The van der Waals surface area contributed by atoms with Crippen molar-refractivity contribution in [2.45, 2.75) is 12.8 Å². The van der Waals surface area contributed by atoms with Gasteiger partial charge in [-0.05, 0) is 40.5 Å². The molecule has 2 fully saturated rings. The van der Waals surface area contributed by atoms with Gasteiger partial charge in [0, 0.05) is 32.7 Å². The number of nitrogens with one attached hydrogen (secondary N) is 1. The van der Waals surface area contributed by atoms with Crippen LogP contribution in [-0.2, 0) is 9.59 Å². The fraction of sp³-hybridized carbons (Fsp3) is 0.867. The monoisotopic (exact) mass is 296 g/mol. The third-order valence-electron chi connectivity index (χ3n) is 4.34. The van der Waals surface area contributed by atoms with E-state index in [2.05, 4.69) is 22.2 Å². The molecule has 0 radical (unpaired) electrons. The first-order valence-electron chi connectivity index (χ1n) is 7.89. The molecule has 1 heterocycles. The van der Waals surface area contributed by atoms with Crippen LogP contribution in [0.3, 0.4) is 0 Å². The summed E-state index contributed by atoms with van der Waals surface area (Å²) in [6, 6.07) is 0. The zero-order valence-electron chi connectivity index (χ0n) is 13.5. The summed E-state index contributed by atoms with van der Waals surface area (Å²) in [4.78, 5) is 30.6. The first-order chi connectivity index (χ1) is 9.99. The third-order valence-corrected chi connectivity index (χ3v) is 4.34. The number of nitrogens with zero attached hydrogens (tertiary/aromatic N) is 3. The SMILES string of the molecule is CN(C)CCCNC(=O)C1CC1C(=O)N1CCN(C)CC1. The summed E-state index contributed by atoms with van der Waals surface area (Å²) in [5.74, 6) is 0.0801. The van der Waals surface area contributed by atoms with Crippen LogP contribution in [0.15, 0.2) is 0 Å². The van der Waals surface area contributed by atoms with E-state index in [1.165, 1.54) is 0 Å². The highest BCUT2D eigenvalue weighted by atomic mass is 16.2. The summed E-state index contributed by atoms with van der Waals surface area (Å²) in [6.45, 7) is 5.11. The van der Waals surface area contributed by atoms with E-state index < -0.39 is 0 Å². The number of rotatable bonds is 6. The number of carbonyl (C=O) groups excluding carboxylic acids is 2. The zero-order valence-corrected chi connectivity index (χ0v) is 13.5. The van der Waals surface area contributed by atoms with Crippen molar-refractivity contribution >= 4 is 11.8 Å². The normalized spacial score (nSPS) is 26.0. The number of amides is 2. The van der Waals surface area contributed by atoms with Gasteiger partial charge in [0.05, 0.1) is 11.8 Å². The van der Waals surface area contributed by atoms with E-state index in [0.29, 0.717) is 6.54 Å². The Hall–Kier alpha value is -1.14. The van der Waals surface area contributed by atoms with Crippen LogP contribution >= 0.6 is 0 Å². The average molecular weight is 296 g/mol. The minimum absolute atomic E-state index is 0.0567. The Morgan fingerprint density at radius 1 is 1.14 bits per heavy atom. The molecular weight excluding hydrogens is 268 g/mol. The van der Waals surface area contributed by atoms with E-state index >= 15 is 0 Å². The smallest absolute Gasteiger partial charge is 0.226 e. The molecular formula is C15H28N4O2.